The molecule has 0 bridgehead atoms. The molecule has 2 aromatic heterocycles. The topological polar surface area (TPSA) is 100 Å². The number of rotatable bonds is 7. The van der Waals surface area contributed by atoms with E-state index in [0.29, 0.717) is 22.2 Å². The van der Waals surface area contributed by atoms with E-state index in [1.54, 1.807) is 24.3 Å². The summed E-state index contributed by atoms with van der Waals surface area (Å²) in [6, 6.07) is 16.8. The maximum atomic E-state index is 13.0. The Hall–Kier alpha value is -3.75. The highest BCUT2D eigenvalue weighted by atomic mass is 35.5. The fourth-order valence-electron chi connectivity index (χ4n) is 2.79. The molecule has 0 radical (unpaired) electrons. The summed E-state index contributed by atoms with van der Waals surface area (Å²) in [5.41, 5.74) is 0.907. The van der Waals surface area contributed by atoms with E-state index >= 15 is 0 Å². The van der Waals surface area contributed by atoms with Crippen molar-refractivity contribution in [3.63, 3.8) is 0 Å². The Kier molecular flexibility index (Phi) is 6.44. The Morgan fingerprint density at radius 1 is 1.03 bits per heavy atom. The molecule has 0 aliphatic carbocycles. The minimum atomic E-state index is -0.820. The number of furan rings is 1. The summed E-state index contributed by atoms with van der Waals surface area (Å²) in [5.74, 6) is -0.577. The molecule has 0 fully saturated rings. The number of benzene rings is 2. The zero-order chi connectivity index (χ0) is 22.5. The van der Waals surface area contributed by atoms with Gasteiger partial charge in [-0.25, -0.2) is 4.79 Å². The second-order valence-electron chi connectivity index (χ2n) is 6.45. The number of ether oxygens (including phenoxy) is 1. The number of carbonyl (C=O) groups excluding carboxylic acids is 2. The van der Waals surface area contributed by atoms with Gasteiger partial charge in [0.1, 0.15) is 5.76 Å². The lowest BCUT2D eigenvalue weighted by molar-refractivity contribution is -0.136. The highest BCUT2D eigenvalue weighted by Crippen LogP contribution is 2.24. The van der Waals surface area contributed by atoms with E-state index in [0.717, 1.165) is 0 Å². The minimum Gasteiger partial charge on any atom is -0.465 e. The Morgan fingerprint density at radius 3 is 2.56 bits per heavy atom. The summed E-state index contributed by atoms with van der Waals surface area (Å²) in [5, 5.41) is 12.2. The fourth-order valence-corrected chi connectivity index (χ4v) is 3.09. The van der Waals surface area contributed by atoms with Gasteiger partial charge in [0.15, 0.2) is 23.9 Å². The molecule has 0 aliphatic heterocycles. The number of Topliss-reactive ketones (excluding diaryl/α,β-unsaturated/α-hetero) is 1. The second-order valence-corrected chi connectivity index (χ2v) is 7.27. The Labute approximate surface area is 192 Å². The van der Waals surface area contributed by atoms with Crippen LogP contribution in [0.4, 0.5) is 0 Å². The molecule has 0 saturated carbocycles. The Balaban J connectivity index is 1.61. The number of nitrogens with zero attached hydrogens (tertiary/aromatic N) is 4. The van der Waals surface area contributed by atoms with Crippen molar-refractivity contribution < 1.29 is 18.7 Å². The Bertz CT molecular complexity index is 1280. The first-order chi connectivity index (χ1) is 15.5. The van der Waals surface area contributed by atoms with E-state index in [-0.39, 0.29) is 16.3 Å². The molecule has 0 amide bonds. The third kappa shape index (κ3) is 4.77. The van der Waals surface area contributed by atoms with Crippen LogP contribution in [0.1, 0.15) is 16.1 Å². The zero-order valence-corrected chi connectivity index (χ0v) is 17.8. The van der Waals surface area contributed by atoms with E-state index < -0.39 is 18.4 Å². The SMILES string of the molecule is O=C(OCC(=O)c1ccc(Cl)c(Cl)c1)/C(=C/c1ccco1)n1nnnc1-c1ccccc1. The van der Waals surface area contributed by atoms with Gasteiger partial charge in [0.05, 0.1) is 16.3 Å². The predicted octanol–water partition coefficient (Wildman–Crippen LogP) is 4.66. The second kappa shape index (κ2) is 9.59. The molecular weight excluding hydrogens is 455 g/mol. The lowest BCUT2D eigenvalue weighted by Crippen LogP contribution is -2.19. The summed E-state index contributed by atoms with van der Waals surface area (Å²) in [6.45, 7) is -0.519. The van der Waals surface area contributed by atoms with Gasteiger partial charge in [-0.2, -0.15) is 4.68 Å². The highest BCUT2D eigenvalue weighted by molar-refractivity contribution is 6.42. The van der Waals surface area contributed by atoms with Crippen LogP contribution in [-0.4, -0.2) is 38.6 Å². The first-order valence-electron chi connectivity index (χ1n) is 9.27. The summed E-state index contributed by atoms with van der Waals surface area (Å²) in [7, 11) is 0. The van der Waals surface area contributed by atoms with Gasteiger partial charge in [0.25, 0.3) is 0 Å². The van der Waals surface area contributed by atoms with Crippen molar-refractivity contribution in [3.8, 4) is 11.4 Å². The van der Waals surface area contributed by atoms with E-state index in [1.165, 1.54) is 35.2 Å². The molecular formula is C22H14Cl2N4O4. The van der Waals surface area contributed by atoms with Gasteiger partial charge in [-0.05, 0) is 40.8 Å². The van der Waals surface area contributed by atoms with Crippen LogP contribution in [0.2, 0.25) is 10.0 Å². The standard InChI is InChI=1S/C22H14Cl2N4O4/c23-17-9-8-15(11-18(17)24)20(29)13-32-22(30)19(12-16-7-4-10-31-16)28-21(25-26-27-28)14-5-2-1-3-6-14/h1-12H,13H2/b19-12-. The van der Waals surface area contributed by atoms with Crippen molar-refractivity contribution >= 4 is 46.7 Å². The number of carbonyl (C=O) groups is 2. The predicted molar refractivity (Wildman–Crippen MR) is 118 cm³/mol. The molecule has 0 spiro atoms. The molecule has 10 heteroatoms. The van der Waals surface area contributed by atoms with Gasteiger partial charge in [0, 0.05) is 17.2 Å². The van der Waals surface area contributed by atoms with Crippen LogP contribution >= 0.6 is 23.2 Å². The molecule has 0 aliphatic rings. The summed E-state index contributed by atoms with van der Waals surface area (Å²) in [6.07, 6.45) is 2.88. The molecule has 4 rings (SSSR count). The van der Waals surface area contributed by atoms with Crippen LogP contribution in [0.25, 0.3) is 23.2 Å². The maximum absolute atomic E-state index is 13.0. The first kappa shape index (κ1) is 21.5. The van der Waals surface area contributed by atoms with Crippen LogP contribution in [0.15, 0.2) is 71.3 Å². The Morgan fingerprint density at radius 2 is 1.84 bits per heavy atom. The molecule has 32 heavy (non-hydrogen) atoms. The highest BCUT2D eigenvalue weighted by Gasteiger charge is 2.22. The van der Waals surface area contributed by atoms with Crippen LogP contribution in [0, 0.1) is 0 Å². The summed E-state index contributed by atoms with van der Waals surface area (Å²) >= 11 is 11.8. The van der Waals surface area contributed by atoms with Crippen molar-refractivity contribution in [2.75, 3.05) is 6.61 Å². The summed E-state index contributed by atoms with van der Waals surface area (Å²) < 4.78 is 11.8. The first-order valence-corrected chi connectivity index (χ1v) is 10.0. The van der Waals surface area contributed by atoms with Gasteiger partial charge < -0.3 is 9.15 Å². The van der Waals surface area contributed by atoms with E-state index in [4.69, 9.17) is 32.4 Å². The summed E-state index contributed by atoms with van der Waals surface area (Å²) in [4.78, 5) is 25.4. The third-order valence-corrected chi connectivity index (χ3v) is 5.08. The van der Waals surface area contributed by atoms with Gasteiger partial charge >= 0.3 is 5.97 Å². The molecule has 8 nitrogen and oxygen atoms in total. The largest absolute Gasteiger partial charge is 0.465 e. The number of ketones is 1. The average Bonchev–Trinajstić information content (AvgIpc) is 3.50. The molecule has 4 aromatic rings. The quantitative estimate of drug-likeness (QED) is 0.220. The monoisotopic (exact) mass is 468 g/mol. The molecule has 0 saturated heterocycles. The van der Waals surface area contributed by atoms with E-state index in [1.807, 2.05) is 18.2 Å². The zero-order valence-electron chi connectivity index (χ0n) is 16.3. The van der Waals surface area contributed by atoms with Crippen LogP contribution in [-0.2, 0) is 9.53 Å². The fraction of sp³-hybridized carbons (Fsp3) is 0.0455. The van der Waals surface area contributed by atoms with Crippen LogP contribution in [0.3, 0.4) is 0 Å². The van der Waals surface area contributed by atoms with Gasteiger partial charge in [-0.15, -0.1) is 5.10 Å². The van der Waals surface area contributed by atoms with E-state index in [2.05, 4.69) is 15.5 Å². The van der Waals surface area contributed by atoms with Crippen molar-refractivity contribution in [1.82, 2.24) is 20.2 Å². The van der Waals surface area contributed by atoms with Gasteiger partial charge in [-0.1, -0.05) is 53.5 Å². The number of hydrogen-bond donors (Lipinski definition) is 0. The smallest absolute Gasteiger partial charge is 0.357 e. The minimum absolute atomic E-state index is 0.0364. The van der Waals surface area contributed by atoms with Gasteiger partial charge in [-0.3, -0.25) is 4.79 Å². The molecule has 2 heterocycles. The number of aromatic nitrogens is 4. The van der Waals surface area contributed by atoms with E-state index in [9.17, 15) is 9.59 Å². The lowest BCUT2D eigenvalue weighted by atomic mass is 10.1. The lowest BCUT2D eigenvalue weighted by Gasteiger charge is -2.10. The van der Waals surface area contributed by atoms with Crippen molar-refractivity contribution in [2.45, 2.75) is 0 Å². The number of halogens is 2. The van der Waals surface area contributed by atoms with Crippen LogP contribution < -0.4 is 0 Å². The molecule has 2 aromatic carbocycles. The number of esters is 1. The normalized spacial score (nSPS) is 11.4. The number of tetrazole rings is 1. The van der Waals surface area contributed by atoms with Crippen molar-refractivity contribution in [1.29, 1.82) is 0 Å². The maximum Gasteiger partial charge on any atom is 0.357 e. The molecule has 0 atom stereocenters. The molecule has 160 valence electrons. The van der Waals surface area contributed by atoms with Crippen molar-refractivity contribution in [2.24, 2.45) is 0 Å². The van der Waals surface area contributed by atoms with Gasteiger partial charge in [0.2, 0.25) is 0 Å². The molecule has 0 N–H and O–H groups in total. The number of hydrogen-bond acceptors (Lipinski definition) is 7. The molecule has 0 unspecified atom stereocenters. The van der Waals surface area contributed by atoms with Crippen molar-refractivity contribution in [3.05, 3.63) is 88.3 Å². The third-order valence-electron chi connectivity index (χ3n) is 4.34. The van der Waals surface area contributed by atoms with Crippen LogP contribution in [0.5, 0.6) is 0 Å². The average molecular weight is 469 g/mol.